The Bertz CT molecular complexity index is 215. The maximum Gasteiger partial charge on any atom is 0.0638 e. The van der Waals surface area contributed by atoms with Gasteiger partial charge in [0.2, 0.25) is 0 Å². The van der Waals surface area contributed by atoms with Gasteiger partial charge in [0.05, 0.1) is 11.7 Å². The minimum atomic E-state index is -0.00532. The van der Waals surface area contributed by atoms with Crippen LogP contribution in [-0.4, -0.2) is 11.7 Å². The molecular weight excluding hydrogens is 196 g/mol. The van der Waals surface area contributed by atoms with Crippen LogP contribution in [0.5, 0.6) is 0 Å². The topological polar surface area (TPSA) is 9.23 Å². The average Bonchev–Trinajstić information content (AvgIpc) is 1.98. The fourth-order valence-corrected chi connectivity index (χ4v) is 2.68. The molecule has 0 aromatic heterocycles. The summed E-state index contributed by atoms with van der Waals surface area (Å²) in [4.78, 5) is 0. The van der Waals surface area contributed by atoms with Crippen LogP contribution in [0.25, 0.3) is 0 Å². The lowest BCUT2D eigenvalue weighted by molar-refractivity contribution is -0.194. The molecule has 96 valence electrons. The van der Waals surface area contributed by atoms with Crippen LogP contribution in [0.3, 0.4) is 0 Å². The van der Waals surface area contributed by atoms with Crippen molar-refractivity contribution in [2.75, 3.05) is 0 Å². The van der Waals surface area contributed by atoms with Gasteiger partial charge in [-0.25, -0.2) is 0 Å². The zero-order valence-corrected chi connectivity index (χ0v) is 12.5. The van der Waals surface area contributed by atoms with Gasteiger partial charge in [-0.15, -0.1) is 0 Å². The van der Waals surface area contributed by atoms with Crippen molar-refractivity contribution in [3.8, 4) is 0 Å². The molecule has 0 unspecified atom stereocenters. The summed E-state index contributed by atoms with van der Waals surface area (Å²) in [5.74, 6) is 0.819. The molecule has 0 aromatic rings. The highest BCUT2D eigenvalue weighted by Gasteiger charge is 2.50. The molecule has 1 saturated carbocycles. The number of ether oxygens (including phenoxy) is 1. The van der Waals surface area contributed by atoms with Crippen LogP contribution in [0.15, 0.2) is 0 Å². The molecular formula is C15H30O. The Morgan fingerprint density at radius 1 is 1.06 bits per heavy atom. The van der Waals surface area contributed by atoms with E-state index < -0.39 is 0 Å². The standard InChI is InChI=1S/C15H30O/c1-13(2,3)10-11-9-12(15(11,7)8)16-14(4,5)6/h11-12H,9-10H2,1-8H3/t11-,12-/m1/s1. The second kappa shape index (κ2) is 4.01. The van der Waals surface area contributed by atoms with Crippen LogP contribution in [0, 0.1) is 16.7 Å². The zero-order valence-electron chi connectivity index (χ0n) is 12.5. The van der Waals surface area contributed by atoms with E-state index in [-0.39, 0.29) is 5.60 Å². The Hall–Kier alpha value is -0.0400. The first kappa shape index (κ1) is 14.0. The Kier molecular flexibility index (Phi) is 3.52. The molecule has 0 radical (unpaired) electrons. The largest absolute Gasteiger partial charge is 0.372 e. The van der Waals surface area contributed by atoms with Gasteiger partial charge in [-0.1, -0.05) is 34.6 Å². The highest BCUT2D eigenvalue weighted by Crippen LogP contribution is 2.53. The summed E-state index contributed by atoms with van der Waals surface area (Å²) in [5.41, 5.74) is 0.782. The summed E-state index contributed by atoms with van der Waals surface area (Å²) in [5, 5.41) is 0. The first-order valence-corrected chi connectivity index (χ1v) is 6.60. The normalized spacial score (nSPS) is 30.0. The predicted octanol–water partition coefficient (Wildman–Crippen LogP) is 4.65. The predicted molar refractivity (Wildman–Crippen MR) is 70.6 cm³/mol. The molecule has 1 aliphatic rings. The third kappa shape index (κ3) is 3.48. The molecule has 0 aromatic carbocycles. The van der Waals surface area contributed by atoms with Crippen molar-refractivity contribution in [1.29, 1.82) is 0 Å². The van der Waals surface area contributed by atoms with Crippen molar-refractivity contribution < 1.29 is 4.74 Å². The summed E-state index contributed by atoms with van der Waals surface area (Å²) in [6, 6.07) is 0. The lowest BCUT2D eigenvalue weighted by Crippen LogP contribution is -2.53. The molecule has 0 spiro atoms. The summed E-state index contributed by atoms with van der Waals surface area (Å²) in [6.45, 7) is 18.2. The molecule has 1 nitrogen and oxygen atoms in total. The number of hydrogen-bond acceptors (Lipinski definition) is 1. The van der Waals surface area contributed by atoms with E-state index in [0.29, 0.717) is 16.9 Å². The molecule has 16 heavy (non-hydrogen) atoms. The van der Waals surface area contributed by atoms with E-state index >= 15 is 0 Å². The van der Waals surface area contributed by atoms with E-state index in [4.69, 9.17) is 4.74 Å². The van der Waals surface area contributed by atoms with Crippen molar-refractivity contribution in [1.82, 2.24) is 0 Å². The molecule has 1 heteroatoms. The van der Waals surface area contributed by atoms with Gasteiger partial charge in [0.25, 0.3) is 0 Å². The molecule has 2 atom stereocenters. The average molecular weight is 226 g/mol. The summed E-state index contributed by atoms with van der Waals surface area (Å²) in [7, 11) is 0. The zero-order chi connectivity index (χ0) is 12.8. The highest BCUT2D eigenvalue weighted by molar-refractivity contribution is 4.99. The fraction of sp³-hybridized carbons (Fsp3) is 1.00. The van der Waals surface area contributed by atoms with Gasteiger partial charge in [-0.2, -0.15) is 0 Å². The maximum absolute atomic E-state index is 6.13. The first-order chi connectivity index (χ1) is 6.92. The second-order valence-electron chi connectivity index (χ2n) is 8.24. The Balaban J connectivity index is 2.54. The lowest BCUT2D eigenvalue weighted by atomic mass is 9.56. The molecule has 0 saturated heterocycles. The van der Waals surface area contributed by atoms with Crippen LogP contribution in [0.4, 0.5) is 0 Å². The third-order valence-corrected chi connectivity index (χ3v) is 3.74. The van der Waals surface area contributed by atoms with E-state index in [0.717, 1.165) is 5.92 Å². The van der Waals surface area contributed by atoms with Crippen LogP contribution in [0.2, 0.25) is 0 Å². The monoisotopic (exact) mass is 226 g/mol. The molecule has 1 aliphatic carbocycles. The Morgan fingerprint density at radius 2 is 1.56 bits per heavy atom. The van der Waals surface area contributed by atoms with Gasteiger partial charge in [0.15, 0.2) is 0 Å². The van der Waals surface area contributed by atoms with Crippen LogP contribution in [-0.2, 0) is 4.74 Å². The number of rotatable bonds is 2. The molecule has 0 N–H and O–H groups in total. The first-order valence-electron chi connectivity index (χ1n) is 6.60. The summed E-state index contributed by atoms with van der Waals surface area (Å²) >= 11 is 0. The van der Waals surface area contributed by atoms with E-state index in [2.05, 4.69) is 55.4 Å². The summed E-state index contributed by atoms with van der Waals surface area (Å²) in [6.07, 6.45) is 2.99. The van der Waals surface area contributed by atoms with Crippen molar-refractivity contribution in [3.63, 3.8) is 0 Å². The fourth-order valence-electron chi connectivity index (χ4n) is 2.68. The van der Waals surface area contributed by atoms with Gasteiger partial charge < -0.3 is 4.74 Å². The van der Waals surface area contributed by atoms with E-state index in [1.54, 1.807) is 0 Å². The molecule has 0 aliphatic heterocycles. The van der Waals surface area contributed by atoms with Gasteiger partial charge in [0.1, 0.15) is 0 Å². The second-order valence-corrected chi connectivity index (χ2v) is 8.24. The van der Waals surface area contributed by atoms with Crippen LogP contribution >= 0.6 is 0 Å². The van der Waals surface area contributed by atoms with Crippen molar-refractivity contribution >= 4 is 0 Å². The minimum absolute atomic E-state index is 0.00532. The van der Waals surface area contributed by atoms with Gasteiger partial charge in [-0.3, -0.25) is 0 Å². The Morgan fingerprint density at radius 3 is 1.88 bits per heavy atom. The quantitative estimate of drug-likeness (QED) is 0.666. The van der Waals surface area contributed by atoms with Crippen molar-refractivity contribution in [2.24, 2.45) is 16.7 Å². The summed E-state index contributed by atoms with van der Waals surface area (Å²) < 4.78 is 6.13. The highest BCUT2D eigenvalue weighted by atomic mass is 16.5. The molecule has 1 fully saturated rings. The molecule has 0 heterocycles. The lowest BCUT2D eigenvalue weighted by Gasteiger charge is -2.55. The third-order valence-electron chi connectivity index (χ3n) is 3.74. The van der Waals surface area contributed by atoms with Crippen molar-refractivity contribution in [2.45, 2.75) is 79.9 Å². The van der Waals surface area contributed by atoms with E-state index in [1.807, 2.05) is 0 Å². The van der Waals surface area contributed by atoms with Gasteiger partial charge in [-0.05, 0) is 50.4 Å². The van der Waals surface area contributed by atoms with E-state index in [9.17, 15) is 0 Å². The van der Waals surface area contributed by atoms with Crippen molar-refractivity contribution in [3.05, 3.63) is 0 Å². The molecule has 0 bridgehead atoms. The number of hydrogen-bond donors (Lipinski definition) is 0. The maximum atomic E-state index is 6.13. The minimum Gasteiger partial charge on any atom is -0.372 e. The Labute approximate surface area is 102 Å². The van der Waals surface area contributed by atoms with Crippen LogP contribution in [0.1, 0.15) is 68.2 Å². The van der Waals surface area contributed by atoms with Gasteiger partial charge >= 0.3 is 0 Å². The van der Waals surface area contributed by atoms with Gasteiger partial charge in [0, 0.05) is 0 Å². The SMILES string of the molecule is CC(C)(C)C[C@H]1C[C@@H](OC(C)(C)C)C1(C)C. The van der Waals surface area contributed by atoms with Crippen LogP contribution < -0.4 is 0 Å². The molecule has 1 rings (SSSR count). The smallest absolute Gasteiger partial charge is 0.0638 e. The molecule has 0 amide bonds. The van der Waals surface area contributed by atoms with E-state index in [1.165, 1.54) is 12.8 Å².